The molecule has 3 aromatic rings. The quantitative estimate of drug-likeness (QED) is 0.690. The number of para-hydroxylation sites is 1. The van der Waals surface area contributed by atoms with Crippen molar-refractivity contribution in [2.75, 3.05) is 5.32 Å². The minimum atomic E-state index is -0.697. The van der Waals surface area contributed by atoms with Gasteiger partial charge in [-0.25, -0.2) is 0 Å². The summed E-state index contributed by atoms with van der Waals surface area (Å²) >= 11 is 1.50. The fourth-order valence-corrected chi connectivity index (χ4v) is 5.47. The molecule has 148 valence electrons. The molecule has 0 spiro atoms. The van der Waals surface area contributed by atoms with Gasteiger partial charge in [-0.2, -0.15) is 5.26 Å². The number of amides is 1. The number of carbonyl (C=O) groups excluding carboxylic acids is 1. The van der Waals surface area contributed by atoms with E-state index in [9.17, 15) is 14.9 Å². The summed E-state index contributed by atoms with van der Waals surface area (Å²) in [4.78, 5) is 27.1. The molecule has 1 aliphatic rings. The number of aryl methyl sites for hydroxylation is 3. The SMILES string of the molecule is Cc1cc(=O)n(C(C)C(=O)Nc2sc3c(c2C#N)CCCC3)c2c(C)cccc12. The van der Waals surface area contributed by atoms with E-state index in [0.29, 0.717) is 10.6 Å². The van der Waals surface area contributed by atoms with Crippen molar-refractivity contribution in [1.29, 1.82) is 5.26 Å². The van der Waals surface area contributed by atoms with E-state index < -0.39 is 6.04 Å². The van der Waals surface area contributed by atoms with Crippen molar-refractivity contribution >= 4 is 33.1 Å². The summed E-state index contributed by atoms with van der Waals surface area (Å²) in [5.74, 6) is -0.282. The number of pyridine rings is 1. The Morgan fingerprint density at radius 2 is 2.00 bits per heavy atom. The Kier molecular flexibility index (Phi) is 5.01. The first-order valence-corrected chi connectivity index (χ1v) is 10.7. The van der Waals surface area contributed by atoms with Gasteiger partial charge in [-0.1, -0.05) is 18.2 Å². The van der Waals surface area contributed by atoms with Gasteiger partial charge in [0.05, 0.1) is 11.1 Å². The minimum Gasteiger partial charge on any atom is -0.315 e. The van der Waals surface area contributed by atoms with E-state index in [-0.39, 0.29) is 11.5 Å². The van der Waals surface area contributed by atoms with Crippen LogP contribution in [0.15, 0.2) is 29.1 Å². The van der Waals surface area contributed by atoms with E-state index in [4.69, 9.17) is 0 Å². The van der Waals surface area contributed by atoms with Crippen LogP contribution in [-0.2, 0) is 17.6 Å². The lowest BCUT2D eigenvalue weighted by Crippen LogP contribution is -2.32. The van der Waals surface area contributed by atoms with Crippen molar-refractivity contribution in [1.82, 2.24) is 4.57 Å². The lowest BCUT2D eigenvalue weighted by molar-refractivity contribution is -0.118. The van der Waals surface area contributed by atoms with Crippen molar-refractivity contribution < 1.29 is 4.79 Å². The molecule has 0 saturated heterocycles. The summed E-state index contributed by atoms with van der Waals surface area (Å²) in [5.41, 5.74) is 4.11. The molecule has 1 aliphatic carbocycles. The highest BCUT2D eigenvalue weighted by molar-refractivity contribution is 7.16. The molecule has 1 unspecified atom stereocenters. The molecule has 0 radical (unpaired) electrons. The van der Waals surface area contributed by atoms with Gasteiger partial charge in [0.15, 0.2) is 0 Å². The number of thiophene rings is 1. The van der Waals surface area contributed by atoms with Gasteiger partial charge in [0, 0.05) is 16.3 Å². The lowest BCUT2D eigenvalue weighted by atomic mass is 9.96. The molecule has 1 N–H and O–H groups in total. The molecule has 4 rings (SSSR count). The van der Waals surface area contributed by atoms with Crippen LogP contribution in [0.3, 0.4) is 0 Å². The Balaban J connectivity index is 1.75. The van der Waals surface area contributed by atoms with E-state index in [1.165, 1.54) is 16.2 Å². The van der Waals surface area contributed by atoms with Crippen LogP contribution in [0.25, 0.3) is 10.9 Å². The molecule has 1 atom stereocenters. The molecule has 29 heavy (non-hydrogen) atoms. The predicted molar refractivity (Wildman–Crippen MR) is 117 cm³/mol. The van der Waals surface area contributed by atoms with Crippen LogP contribution >= 0.6 is 11.3 Å². The number of nitrogens with zero attached hydrogens (tertiary/aromatic N) is 2. The predicted octanol–water partition coefficient (Wildman–Crippen LogP) is 4.63. The summed E-state index contributed by atoms with van der Waals surface area (Å²) < 4.78 is 1.56. The molecule has 1 aromatic carbocycles. The third-order valence-electron chi connectivity index (χ3n) is 5.77. The number of anilines is 1. The van der Waals surface area contributed by atoms with Gasteiger partial charge in [0.25, 0.3) is 5.56 Å². The third kappa shape index (κ3) is 3.26. The molecular weight excluding hydrogens is 382 g/mol. The van der Waals surface area contributed by atoms with E-state index in [1.807, 2.05) is 32.0 Å². The third-order valence-corrected chi connectivity index (χ3v) is 6.97. The first-order valence-electron chi connectivity index (χ1n) is 9.89. The van der Waals surface area contributed by atoms with Gasteiger partial charge >= 0.3 is 0 Å². The van der Waals surface area contributed by atoms with E-state index in [1.54, 1.807) is 17.6 Å². The van der Waals surface area contributed by atoms with Crippen molar-refractivity contribution in [2.24, 2.45) is 0 Å². The molecular formula is C23H23N3O2S. The first-order chi connectivity index (χ1) is 13.9. The highest BCUT2D eigenvalue weighted by Crippen LogP contribution is 2.38. The summed E-state index contributed by atoms with van der Waals surface area (Å²) in [6.07, 6.45) is 4.04. The van der Waals surface area contributed by atoms with Crippen molar-refractivity contribution in [3.05, 3.63) is 61.8 Å². The Hall–Kier alpha value is -2.91. The zero-order valence-corrected chi connectivity index (χ0v) is 17.7. The van der Waals surface area contributed by atoms with Crippen molar-refractivity contribution in [3.63, 3.8) is 0 Å². The zero-order valence-electron chi connectivity index (χ0n) is 16.8. The fraction of sp³-hybridized carbons (Fsp3) is 0.348. The van der Waals surface area contributed by atoms with Gasteiger partial charge in [-0.05, 0) is 63.1 Å². The summed E-state index contributed by atoms with van der Waals surface area (Å²) in [7, 11) is 0. The number of hydrogen-bond acceptors (Lipinski definition) is 4. The highest BCUT2D eigenvalue weighted by atomic mass is 32.1. The molecule has 0 bridgehead atoms. The van der Waals surface area contributed by atoms with E-state index in [2.05, 4.69) is 11.4 Å². The second kappa shape index (κ2) is 7.49. The van der Waals surface area contributed by atoms with Crippen LogP contribution in [0.2, 0.25) is 0 Å². The number of carbonyl (C=O) groups is 1. The Bertz CT molecular complexity index is 1230. The van der Waals surface area contributed by atoms with Crippen LogP contribution in [0.5, 0.6) is 0 Å². The lowest BCUT2D eigenvalue weighted by Gasteiger charge is -2.19. The second-order valence-corrected chi connectivity index (χ2v) is 8.80. The maximum Gasteiger partial charge on any atom is 0.252 e. The first kappa shape index (κ1) is 19.4. The molecule has 0 aliphatic heterocycles. The Morgan fingerprint density at radius 3 is 2.76 bits per heavy atom. The Labute approximate surface area is 173 Å². The van der Waals surface area contributed by atoms with Gasteiger partial charge in [-0.15, -0.1) is 11.3 Å². The second-order valence-electron chi connectivity index (χ2n) is 7.70. The van der Waals surface area contributed by atoms with Crippen LogP contribution < -0.4 is 10.9 Å². The average molecular weight is 406 g/mol. The molecule has 5 nitrogen and oxygen atoms in total. The van der Waals surface area contributed by atoms with Crippen LogP contribution in [0, 0.1) is 25.2 Å². The number of nitriles is 1. The van der Waals surface area contributed by atoms with Gasteiger partial charge in [0.1, 0.15) is 17.1 Å². The largest absolute Gasteiger partial charge is 0.315 e. The highest BCUT2D eigenvalue weighted by Gasteiger charge is 2.25. The monoisotopic (exact) mass is 405 g/mol. The van der Waals surface area contributed by atoms with Gasteiger partial charge < -0.3 is 5.32 Å². The number of nitrogens with one attached hydrogen (secondary N) is 1. The molecule has 0 fully saturated rings. The maximum absolute atomic E-state index is 13.1. The number of benzene rings is 1. The van der Waals surface area contributed by atoms with Gasteiger partial charge in [0.2, 0.25) is 5.91 Å². The molecule has 0 saturated carbocycles. The van der Waals surface area contributed by atoms with Crippen LogP contribution in [0.1, 0.15) is 52.9 Å². The number of aromatic nitrogens is 1. The smallest absolute Gasteiger partial charge is 0.252 e. The molecule has 2 aromatic heterocycles. The van der Waals surface area contributed by atoms with E-state index in [0.717, 1.165) is 53.3 Å². The van der Waals surface area contributed by atoms with Crippen LogP contribution in [-0.4, -0.2) is 10.5 Å². The number of rotatable bonds is 3. The standard InChI is InChI=1S/C23H23N3O2S/c1-13-7-6-9-16-14(2)11-20(27)26(21(13)16)15(3)22(28)25-23-18(12-24)17-8-4-5-10-19(17)29-23/h6-7,9,11,15H,4-5,8,10H2,1-3H3,(H,25,28). The summed E-state index contributed by atoms with van der Waals surface area (Å²) in [6, 6.07) is 9.03. The van der Waals surface area contributed by atoms with Crippen molar-refractivity contribution in [3.8, 4) is 6.07 Å². The normalized spacial score (nSPS) is 14.3. The minimum absolute atomic E-state index is 0.196. The maximum atomic E-state index is 13.1. The summed E-state index contributed by atoms with van der Waals surface area (Å²) in [5, 5.41) is 14.1. The molecule has 6 heteroatoms. The van der Waals surface area contributed by atoms with Gasteiger partial charge in [-0.3, -0.25) is 14.2 Å². The summed E-state index contributed by atoms with van der Waals surface area (Å²) in [6.45, 7) is 5.59. The molecule has 2 heterocycles. The number of fused-ring (bicyclic) bond motifs is 2. The zero-order chi connectivity index (χ0) is 20.7. The topological polar surface area (TPSA) is 74.9 Å². The fourth-order valence-electron chi connectivity index (χ4n) is 4.23. The van der Waals surface area contributed by atoms with Crippen LogP contribution in [0.4, 0.5) is 5.00 Å². The average Bonchev–Trinajstić information content (AvgIpc) is 3.05. The molecule has 1 amide bonds. The van der Waals surface area contributed by atoms with Crippen molar-refractivity contribution in [2.45, 2.75) is 52.5 Å². The Morgan fingerprint density at radius 1 is 1.24 bits per heavy atom. The van der Waals surface area contributed by atoms with E-state index >= 15 is 0 Å². The number of hydrogen-bond donors (Lipinski definition) is 1.